The summed E-state index contributed by atoms with van der Waals surface area (Å²) in [5.74, 6) is 0. The van der Waals surface area contributed by atoms with E-state index in [0.717, 1.165) is 12.8 Å². The van der Waals surface area contributed by atoms with E-state index in [2.05, 4.69) is 72.9 Å². The van der Waals surface area contributed by atoms with Crippen molar-refractivity contribution in [1.29, 1.82) is 0 Å². The molecule has 0 spiro atoms. The number of fused-ring (bicyclic) bond motifs is 4. The minimum Gasteiger partial charge on any atom is -0.0802 e. The number of rotatable bonds is 0. The molecule has 0 bridgehead atoms. The lowest BCUT2D eigenvalue weighted by Crippen LogP contribution is -2.12. The van der Waals surface area contributed by atoms with E-state index < -0.39 is 0 Å². The smallest absolute Gasteiger partial charge is 0.00231 e. The molecule has 0 aromatic heterocycles. The van der Waals surface area contributed by atoms with Gasteiger partial charge in [-0.1, -0.05) is 178 Å². The Morgan fingerprint density at radius 3 is 0.615 bits per heavy atom. The lowest BCUT2D eigenvalue weighted by Gasteiger charge is -2.25. The third kappa shape index (κ3) is 9.47. The SMILES string of the molecule is C1=CC2=C(C1)Cc1cc3c(cc1C2)CC1=C(C=CC1)C3.C1=CC2=C(C1)Cc1cc3c(cc1C2)CC1=C(CC=C1)C3.CC.CC.CC.CC.CC.CC. The Bertz CT molecular complexity index is 1640. The standard InChI is InChI=1S/2C20H18.6C2H6/c2*1-3-13-7-17-11-19-9-15-5-2-6-16(15)10-20(19)12-18(17)8-14(13)4-1;6*1-2/h1-3,6,11-12H,4-5,7-10H2;1-3,5,11-12H,4,6-10H2;6*1-2H3. The molecule has 8 aliphatic rings. The van der Waals surface area contributed by atoms with Crippen LogP contribution in [-0.2, 0) is 51.4 Å². The molecule has 280 valence electrons. The Labute approximate surface area is 321 Å². The van der Waals surface area contributed by atoms with Crippen LogP contribution in [0.2, 0.25) is 0 Å². The molecule has 0 radical (unpaired) electrons. The van der Waals surface area contributed by atoms with Gasteiger partial charge in [-0.15, -0.1) is 0 Å². The van der Waals surface area contributed by atoms with Crippen molar-refractivity contribution in [2.75, 3.05) is 0 Å². The maximum absolute atomic E-state index is 2.52. The van der Waals surface area contributed by atoms with E-state index in [0.29, 0.717) is 0 Å². The average Bonchev–Trinajstić information content (AvgIpc) is 4.06. The minimum atomic E-state index is 1.16. The van der Waals surface area contributed by atoms with E-state index in [1.807, 2.05) is 83.1 Å². The summed E-state index contributed by atoms with van der Waals surface area (Å²) < 4.78 is 0. The van der Waals surface area contributed by atoms with Crippen molar-refractivity contribution < 1.29 is 0 Å². The Morgan fingerprint density at radius 2 is 0.423 bits per heavy atom. The molecule has 2 aromatic rings. The van der Waals surface area contributed by atoms with Gasteiger partial charge >= 0.3 is 0 Å². The van der Waals surface area contributed by atoms with Crippen LogP contribution in [0, 0.1) is 0 Å². The molecule has 0 unspecified atom stereocenters. The van der Waals surface area contributed by atoms with Gasteiger partial charge in [0.1, 0.15) is 0 Å². The van der Waals surface area contributed by atoms with Gasteiger partial charge in [-0.25, -0.2) is 0 Å². The van der Waals surface area contributed by atoms with Gasteiger partial charge in [0, 0.05) is 0 Å². The number of benzene rings is 2. The topological polar surface area (TPSA) is 0 Å². The van der Waals surface area contributed by atoms with Gasteiger partial charge in [0.2, 0.25) is 0 Å². The number of hydrogen-bond acceptors (Lipinski definition) is 0. The zero-order valence-corrected chi connectivity index (χ0v) is 35.4. The molecule has 0 aliphatic heterocycles. The second-order valence-electron chi connectivity index (χ2n) is 13.1. The summed E-state index contributed by atoms with van der Waals surface area (Å²) in [6, 6.07) is 10.1. The Morgan fingerprint density at radius 1 is 0.250 bits per heavy atom. The van der Waals surface area contributed by atoms with Crippen LogP contribution in [0.1, 0.15) is 153 Å². The summed E-state index contributed by atoms with van der Waals surface area (Å²) >= 11 is 0. The fourth-order valence-electron chi connectivity index (χ4n) is 8.49. The van der Waals surface area contributed by atoms with E-state index in [4.69, 9.17) is 0 Å². The van der Waals surface area contributed by atoms with Crippen LogP contribution in [0.3, 0.4) is 0 Å². The van der Waals surface area contributed by atoms with Crippen LogP contribution < -0.4 is 0 Å². The average molecular weight is 697 g/mol. The molecule has 2 aromatic carbocycles. The van der Waals surface area contributed by atoms with Gasteiger partial charge < -0.3 is 0 Å². The van der Waals surface area contributed by atoms with Crippen LogP contribution in [0.4, 0.5) is 0 Å². The van der Waals surface area contributed by atoms with Crippen LogP contribution >= 0.6 is 0 Å². The quantitative estimate of drug-likeness (QED) is 0.257. The third-order valence-electron chi connectivity index (χ3n) is 10.7. The summed E-state index contributed by atoms with van der Waals surface area (Å²) in [6.45, 7) is 24.0. The molecule has 0 saturated heterocycles. The van der Waals surface area contributed by atoms with Gasteiger partial charge in [-0.05, 0) is 144 Å². The summed E-state index contributed by atoms with van der Waals surface area (Å²) in [5.41, 5.74) is 25.7. The van der Waals surface area contributed by atoms with Crippen molar-refractivity contribution >= 4 is 0 Å². The lowest BCUT2D eigenvalue weighted by molar-refractivity contribution is 0.918. The van der Waals surface area contributed by atoms with E-state index in [9.17, 15) is 0 Å². The highest BCUT2D eigenvalue weighted by atomic mass is 14.3. The highest BCUT2D eigenvalue weighted by molar-refractivity contribution is 5.56. The highest BCUT2D eigenvalue weighted by Gasteiger charge is 2.25. The fourth-order valence-corrected chi connectivity index (χ4v) is 8.49. The third-order valence-corrected chi connectivity index (χ3v) is 10.7. The maximum Gasteiger partial charge on any atom is -0.00231 e. The van der Waals surface area contributed by atoms with Crippen molar-refractivity contribution in [3.05, 3.63) is 162 Å². The molecule has 0 heteroatoms. The Kier molecular flexibility index (Phi) is 17.9. The van der Waals surface area contributed by atoms with Crippen molar-refractivity contribution in [1.82, 2.24) is 0 Å². The molecule has 0 nitrogen and oxygen atoms in total. The lowest BCUT2D eigenvalue weighted by atomic mass is 9.80. The first kappa shape index (κ1) is 42.8. The summed E-state index contributed by atoms with van der Waals surface area (Å²) in [7, 11) is 0. The Balaban J connectivity index is 0.000000219. The zero-order chi connectivity index (χ0) is 38.2. The predicted octanol–water partition coefficient (Wildman–Crippen LogP) is 15.0. The maximum atomic E-state index is 2.52. The molecular weight excluding hydrogens is 625 g/mol. The van der Waals surface area contributed by atoms with Crippen LogP contribution in [0.5, 0.6) is 0 Å². The predicted molar refractivity (Wildman–Crippen MR) is 234 cm³/mol. The first-order chi connectivity index (χ1) is 25.7. The van der Waals surface area contributed by atoms with Gasteiger partial charge in [-0.2, -0.15) is 0 Å². The van der Waals surface area contributed by atoms with Crippen molar-refractivity contribution in [2.45, 2.75) is 160 Å². The molecule has 0 amide bonds. The summed E-state index contributed by atoms with van der Waals surface area (Å²) in [4.78, 5) is 0. The van der Waals surface area contributed by atoms with E-state index in [-0.39, 0.29) is 0 Å². The number of hydrogen-bond donors (Lipinski definition) is 0. The summed E-state index contributed by atoms with van der Waals surface area (Å²) in [5, 5.41) is 0. The van der Waals surface area contributed by atoms with Crippen LogP contribution in [-0.4, -0.2) is 0 Å². The Hall–Kier alpha value is -3.64. The summed E-state index contributed by atoms with van der Waals surface area (Å²) in [6.07, 6.45) is 32.9. The first-order valence-electron chi connectivity index (χ1n) is 21.5. The van der Waals surface area contributed by atoms with Crippen molar-refractivity contribution in [3.63, 3.8) is 0 Å². The van der Waals surface area contributed by atoms with Gasteiger partial charge in [0.05, 0.1) is 0 Å². The second-order valence-corrected chi connectivity index (χ2v) is 13.1. The van der Waals surface area contributed by atoms with Gasteiger partial charge in [-0.3, -0.25) is 0 Å². The minimum absolute atomic E-state index is 1.16. The first-order valence-corrected chi connectivity index (χ1v) is 21.5. The molecule has 0 fully saturated rings. The molecule has 0 saturated carbocycles. The van der Waals surface area contributed by atoms with Gasteiger partial charge in [0.15, 0.2) is 0 Å². The fraction of sp³-hybridized carbons (Fsp3) is 0.462. The van der Waals surface area contributed by atoms with Gasteiger partial charge in [0.25, 0.3) is 0 Å². The number of allylic oxidation sites excluding steroid dienone is 16. The van der Waals surface area contributed by atoms with E-state index in [1.54, 1.807) is 89.1 Å². The highest BCUT2D eigenvalue weighted by Crippen LogP contribution is 2.40. The van der Waals surface area contributed by atoms with Crippen molar-refractivity contribution in [3.8, 4) is 0 Å². The largest absolute Gasteiger partial charge is 0.0802 e. The zero-order valence-electron chi connectivity index (χ0n) is 35.4. The van der Waals surface area contributed by atoms with E-state index in [1.165, 1.54) is 64.2 Å². The molecule has 0 atom stereocenters. The molecule has 52 heavy (non-hydrogen) atoms. The molecular formula is C52H72. The normalized spacial score (nSPS) is 17.6. The molecule has 10 rings (SSSR count). The second kappa shape index (κ2) is 21.8. The monoisotopic (exact) mass is 697 g/mol. The molecule has 0 N–H and O–H groups in total. The van der Waals surface area contributed by atoms with Crippen LogP contribution in [0.25, 0.3) is 0 Å². The molecule has 8 aliphatic carbocycles. The van der Waals surface area contributed by atoms with Crippen molar-refractivity contribution in [2.24, 2.45) is 0 Å². The molecule has 0 heterocycles. The van der Waals surface area contributed by atoms with Crippen LogP contribution in [0.15, 0.2) is 117 Å². The van der Waals surface area contributed by atoms with E-state index >= 15 is 0 Å².